The molecule has 5 nitrogen and oxygen atoms in total. The highest BCUT2D eigenvalue weighted by Gasteiger charge is 2.33. The molecule has 2 aromatic rings. The number of ether oxygens (including phenoxy) is 1. The molecule has 0 unspecified atom stereocenters. The molecule has 1 fully saturated rings. The van der Waals surface area contributed by atoms with Crippen molar-refractivity contribution in [1.29, 1.82) is 0 Å². The monoisotopic (exact) mass is 385 g/mol. The van der Waals surface area contributed by atoms with Crippen LogP contribution in [0.4, 0.5) is 5.69 Å². The van der Waals surface area contributed by atoms with Crippen molar-refractivity contribution in [2.24, 2.45) is 0 Å². The lowest BCUT2D eigenvalue weighted by Crippen LogP contribution is -2.27. The first kappa shape index (κ1) is 18.2. The van der Waals surface area contributed by atoms with Gasteiger partial charge >= 0.3 is 5.97 Å². The van der Waals surface area contributed by atoms with E-state index in [-0.39, 0.29) is 11.5 Å². The van der Waals surface area contributed by atoms with Crippen molar-refractivity contribution < 1.29 is 19.4 Å². The lowest BCUT2D eigenvalue weighted by atomic mass is 10.1. The molecule has 1 aliphatic rings. The molecule has 0 atom stereocenters. The molecule has 1 heterocycles. The van der Waals surface area contributed by atoms with E-state index in [1.807, 2.05) is 6.92 Å². The van der Waals surface area contributed by atoms with E-state index in [0.717, 1.165) is 11.8 Å². The van der Waals surface area contributed by atoms with E-state index in [9.17, 15) is 14.7 Å². The number of carboxylic acid groups (broad SMARTS) is 1. The predicted octanol–water partition coefficient (Wildman–Crippen LogP) is 4.19. The summed E-state index contributed by atoms with van der Waals surface area (Å²) in [4.78, 5) is 25.9. The summed E-state index contributed by atoms with van der Waals surface area (Å²) in [6, 6.07) is 13.6. The number of nitrogens with zero attached hydrogens (tertiary/aromatic N) is 1. The maximum Gasteiger partial charge on any atom is 0.336 e. The zero-order valence-electron chi connectivity index (χ0n) is 13.8. The standard InChI is InChI=1S/C19H15NO4S2/c1-2-24-14-9-7-13(8-10-14)20-17(21)16(26-19(20)25)11-12-5-3-4-6-15(12)18(22)23/h3-11H,2H2,1H3,(H,22,23)/b16-11-. The van der Waals surface area contributed by atoms with Crippen LogP contribution in [0.15, 0.2) is 53.4 Å². The van der Waals surface area contributed by atoms with Gasteiger partial charge in [0, 0.05) is 0 Å². The van der Waals surface area contributed by atoms with E-state index in [1.54, 1.807) is 48.5 Å². The molecule has 3 rings (SSSR count). The van der Waals surface area contributed by atoms with E-state index in [2.05, 4.69) is 0 Å². The van der Waals surface area contributed by atoms with Crippen LogP contribution in [0.5, 0.6) is 5.75 Å². The number of rotatable bonds is 5. The van der Waals surface area contributed by atoms with Crippen LogP contribution in [0.25, 0.3) is 6.08 Å². The first-order valence-electron chi connectivity index (χ1n) is 7.84. The fraction of sp³-hybridized carbons (Fsp3) is 0.105. The number of carbonyl (C=O) groups is 2. The normalized spacial score (nSPS) is 15.6. The number of carboxylic acids is 1. The summed E-state index contributed by atoms with van der Waals surface area (Å²) < 4.78 is 5.81. The van der Waals surface area contributed by atoms with Gasteiger partial charge in [-0.15, -0.1) is 0 Å². The summed E-state index contributed by atoms with van der Waals surface area (Å²) in [5, 5.41) is 9.29. The van der Waals surface area contributed by atoms with Crippen LogP contribution >= 0.6 is 24.0 Å². The molecule has 26 heavy (non-hydrogen) atoms. The molecule has 1 amide bonds. The number of benzene rings is 2. The molecule has 0 spiro atoms. The fourth-order valence-corrected chi connectivity index (χ4v) is 3.80. The SMILES string of the molecule is CCOc1ccc(N2C(=O)/C(=C/c3ccccc3C(=O)O)SC2=S)cc1. The lowest BCUT2D eigenvalue weighted by Gasteiger charge is -2.15. The Labute approximate surface area is 160 Å². The summed E-state index contributed by atoms with van der Waals surface area (Å²) in [5.41, 5.74) is 1.25. The van der Waals surface area contributed by atoms with E-state index in [4.69, 9.17) is 17.0 Å². The van der Waals surface area contributed by atoms with Gasteiger partial charge in [0.2, 0.25) is 0 Å². The number of aromatic carboxylic acids is 1. The Morgan fingerprint density at radius 2 is 1.92 bits per heavy atom. The van der Waals surface area contributed by atoms with Crippen LogP contribution in [0.2, 0.25) is 0 Å². The van der Waals surface area contributed by atoms with Crippen molar-refractivity contribution in [3.63, 3.8) is 0 Å². The number of thiocarbonyl (C=S) groups is 1. The average molecular weight is 385 g/mol. The summed E-state index contributed by atoms with van der Waals surface area (Å²) in [6.45, 7) is 2.46. The lowest BCUT2D eigenvalue weighted by molar-refractivity contribution is -0.113. The second-order valence-electron chi connectivity index (χ2n) is 5.34. The Morgan fingerprint density at radius 3 is 2.58 bits per heavy atom. The Balaban J connectivity index is 1.91. The van der Waals surface area contributed by atoms with Crippen molar-refractivity contribution in [2.45, 2.75) is 6.92 Å². The molecule has 7 heteroatoms. The molecular formula is C19H15NO4S2. The summed E-state index contributed by atoms with van der Waals surface area (Å²) in [7, 11) is 0. The van der Waals surface area contributed by atoms with Gasteiger partial charge < -0.3 is 9.84 Å². The molecule has 1 N–H and O–H groups in total. The Morgan fingerprint density at radius 1 is 1.23 bits per heavy atom. The van der Waals surface area contributed by atoms with E-state index in [0.29, 0.717) is 32.8 Å². The minimum atomic E-state index is -1.04. The number of hydrogen-bond acceptors (Lipinski definition) is 5. The number of hydrogen-bond donors (Lipinski definition) is 1. The van der Waals surface area contributed by atoms with Crippen LogP contribution in [0.3, 0.4) is 0 Å². The average Bonchev–Trinajstić information content (AvgIpc) is 2.90. The van der Waals surface area contributed by atoms with Crippen molar-refractivity contribution in [2.75, 3.05) is 11.5 Å². The first-order valence-corrected chi connectivity index (χ1v) is 9.07. The van der Waals surface area contributed by atoms with Gasteiger partial charge in [0.15, 0.2) is 4.32 Å². The molecule has 132 valence electrons. The molecule has 2 aromatic carbocycles. The van der Waals surface area contributed by atoms with E-state index in [1.165, 1.54) is 11.0 Å². The van der Waals surface area contributed by atoms with Gasteiger partial charge in [-0.2, -0.15) is 0 Å². The second kappa shape index (κ2) is 7.72. The Hall–Kier alpha value is -2.64. The van der Waals surface area contributed by atoms with Crippen molar-refractivity contribution in [3.05, 3.63) is 64.6 Å². The van der Waals surface area contributed by atoms with Crippen molar-refractivity contribution in [3.8, 4) is 5.75 Å². The predicted molar refractivity (Wildman–Crippen MR) is 107 cm³/mol. The summed E-state index contributed by atoms with van der Waals surface area (Å²) in [6.07, 6.45) is 1.57. The fourth-order valence-electron chi connectivity index (χ4n) is 2.51. The van der Waals surface area contributed by atoms with Crippen LogP contribution in [0.1, 0.15) is 22.8 Å². The molecule has 0 radical (unpaired) electrons. The molecular weight excluding hydrogens is 370 g/mol. The third-order valence-corrected chi connectivity index (χ3v) is 4.98. The summed E-state index contributed by atoms with van der Waals surface area (Å²) in [5.74, 6) is -0.601. The van der Waals surface area contributed by atoms with E-state index < -0.39 is 5.97 Å². The van der Waals surface area contributed by atoms with Crippen molar-refractivity contribution in [1.82, 2.24) is 0 Å². The second-order valence-corrected chi connectivity index (χ2v) is 7.01. The highest BCUT2D eigenvalue weighted by molar-refractivity contribution is 8.27. The summed E-state index contributed by atoms with van der Waals surface area (Å²) >= 11 is 6.49. The van der Waals surface area contributed by atoms with Gasteiger partial charge in [0.1, 0.15) is 5.75 Å². The van der Waals surface area contributed by atoms with Gasteiger partial charge in [-0.1, -0.05) is 42.2 Å². The number of amides is 1. The van der Waals surface area contributed by atoms with Gasteiger partial charge in [0.25, 0.3) is 5.91 Å². The van der Waals surface area contributed by atoms with E-state index >= 15 is 0 Å². The minimum Gasteiger partial charge on any atom is -0.494 e. The molecule has 0 saturated carbocycles. The quantitative estimate of drug-likeness (QED) is 0.615. The highest BCUT2D eigenvalue weighted by Crippen LogP contribution is 2.36. The number of thioether (sulfide) groups is 1. The van der Waals surface area contributed by atoms with Gasteiger partial charge in [-0.3, -0.25) is 9.69 Å². The third kappa shape index (κ3) is 3.63. The minimum absolute atomic E-state index is 0.138. The maximum atomic E-state index is 12.8. The molecule has 0 aliphatic carbocycles. The Bertz CT molecular complexity index is 906. The molecule has 0 bridgehead atoms. The van der Waals surface area contributed by atoms with Crippen LogP contribution in [-0.2, 0) is 4.79 Å². The van der Waals surface area contributed by atoms with Gasteiger partial charge in [-0.25, -0.2) is 4.79 Å². The topological polar surface area (TPSA) is 66.8 Å². The smallest absolute Gasteiger partial charge is 0.336 e. The van der Waals surface area contributed by atoms with Crippen molar-refractivity contribution >= 4 is 51.9 Å². The molecule has 0 aromatic heterocycles. The van der Waals surface area contributed by atoms with Crippen LogP contribution in [-0.4, -0.2) is 27.9 Å². The zero-order valence-corrected chi connectivity index (χ0v) is 15.5. The van der Waals surface area contributed by atoms with Gasteiger partial charge in [-0.05, 0) is 48.9 Å². The highest BCUT2D eigenvalue weighted by atomic mass is 32.2. The first-order chi connectivity index (χ1) is 12.5. The maximum absolute atomic E-state index is 12.8. The molecule has 1 saturated heterocycles. The zero-order chi connectivity index (χ0) is 18.7. The van der Waals surface area contributed by atoms with Crippen LogP contribution < -0.4 is 9.64 Å². The molecule has 1 aliphatic heterocycles. The third-order valence-electron chi connectivity index (χ3n) is 3.68. The number of anilines is 1. The Kier molecular flexibility index (Phi) is 5.39. The number of carbonyl (C=O) groups excluding carboxylic acids is 1. The van der Waals surface area contributed by atoms with Crippen LogP contribution in [0, 0.1) is 0 Å². The van der Waals surface area contributed by atoms with Gasteiger partial charge in [0.05, 0.1) is 22.8 Å². The largest absolute Gasteiger partial charge is 0.494 e.